The predicted octanol–water partition coefficient (Wildman–Crippen LogP) is 5.38. The first-order chi connectivity index (χ1) is 17.6. The van der Waals surface area contributed by atoms with Crippen LogP contribution >= 0.6 is 11.6 Å². The van der Waals surface area contributed by atoms with Gasteiger partial charge in [0, 0.05) is 17.2 Å². The molecule has 8 nitrogen and oxygen atoms in total. The zero-order valence-corrected chi connectivity index (χ0v) is 21.6. The minimum absolute atomic E-state index is 0.157. The van der Waals surface area contributed by atoms with Gasteiger partial charge in [-0.05, 0) is 57.0 Å². The van der Waals surface area contributed by atoms with E-state index in [-0.39, 0.29) is 29.4 Å². The lowest BCUT2D eigenvalue weighted by molar-refractivity contribution is -0.0397. The standard InChI is InChI=1S/C27H28ClFN6O2/c1-5-11-27(17(2)3,26(4,36)19-6-8-20(29)9-7-19)12-14-37-22-16-31-24(28)23(33-22)18-10-13-35-21(15-18)32-25(30)34-35/h5-11,13,15-16,36H,2,12,14H2,1,3-4H3,(H2,30,34)/b11-5+. The summed E-state index contributed by atoms with van der Waals surface area (Å²) in [5.74, 6) is 0.0430. The first-order valence-corrected chi connectivity index (χ1v) is 12.0. The maximum absolute atomic E-state index is 13.6. The molecule has 0 saturated heterocycles. The average molecular weight is 523 g/mol. The second kappa shape index (κ2) is 10.3. The van der Waals surface area contributed by atoms with E-state index in [1.165, 1.54) is 18.3 Å². The van der Waals surface area contributed by atoms with Crippen LogP contribution in [-0.4, -0.2) is 36.3 Å². The fourth-order valence-corrected chi connectivity index (χ4v) is 4.75. The number of allylic oxidation sites excluding steroid dienone is 1. The first kappa shape index (κ1) is 26.2. The quantitative estimate of drug-likeness (QED) is 0.284. The molecule has 0 bridgehead atoms. The fourth-order valence-electron chi connectivity index (χ4n) is 4.55. The van der Waals surface area contributed by atoms with Crippen molar-refractivity contribution < 1.29 is 14.2 Å². The Hall–Kier alpha value is -3.82. The summed E-state index contributed by atoms with van der Waals surface area (Å²) in [6, 6.07) is 9.34. The van der Waals surface area contributed by atoms with Gasteiger partial charge < -0.3 is 15.6 Å². The Balaban J connectivity index is 1.60. The van der Waals surface area contributed by atoms with Crippen LogP contribution in [0.2, 0.25) is 5.15 Å². The van der Waals surface area contributed by atoms with E-state index in [1.54, 1.807) is 41.9 Å². The van der Waals surface area contributed by atoms with Crippen molar-refractivity contribution in [3.05, 3.63) is 89.6 Å². The van der Waals surface area contributed by atoms with E-state index in [2.05, 4.69) is 26.6 Å². The monoisotopic (exact) mass is 522 g/mol. The number of anilines is 1. The molecule has 10 heteroatoms. The number of halogens is 2. The number of aliphatic hydroxyl groups is 1. The molecule has 4 rings (SSSR count). The van der Waals surface area contributed by atoms with Crippen LogP contribution in [0.4, 0.5) is 10.3 Å². The zero-order chi connectivity index (χ0) is 26.8. The molecule has 0 aliphatic carbocycles. The summed E-state index contributed by atoms with van der Waals surface area (Å²) in [5.41, 5.74) is 6.31. The lowest BCUT2D eigenvalue weighted by Crippen LogP contribution is -2.44. The SMILES string of the molecule is C=C(C)C(/C=C/C)(CCOc1cnc(Cl)c(-c2ccn3nc(N)nc3c2)n1)C(C)(O)c1ccc(F)cc1. The minimum Gasteiger partial charge on any atom is -0.477 e. The summed E-state index contributed by atoms with van der Waals surface area (Å²) in [6.45, 7) is 9.77. The smallest absolute Gasteiger partial charge is 0.240 e. The molecule has 3 N–H and O–H groups in total. The van der Waals surface area contributed by atoms with Crippen LogP contribution in [0.15, 0.2) is 73.1 Å². The molecule has 1 aromatic carbocycles. The van der Waals surface area contributed by atoms with Gasteiger partial charge in [0.2, 0.25) is 11.8 Å². The highest BCUT2D eigenvalue weighted by Crippen LogP contribution is 2.48. The van der Waals surface area contributed by atoms with Gasteiger partial charge in [0.15, 0.2) is 10.8 Å². The number of rotatable bonds is 9. The molecule has 0 fully saturated rings. The minimum atomic E-state index is -1.39. The summed E-state index contributed by atoms with van der Waals surface area (Å²) >= 11 is 6.34. The molecule has 0 aliphatic rings. The van der Waals surface area contributed by atoms with Crippen molar-refractivity contribution in [2.75, 3.05) is 12.3 Å². The van der Waals surface area contributed by atoms with Gasteiger partial charge in [0.1, 0.15) is 11.5 Å². The first-order valence-electron chi connectivity index (χ1n) is 11.6. The molecular weight excluding hydrogens is 495 g/mol. The van der Waals surface area contributed by atoms with Crippen LogP contribution in [0.3, 0.4) is 0 Å². The van der Waals surface area contributed by atoms with Gasteiger partial charge >= 0.3 is 0 Å². The lowest BCUT2D eigenvalue weighted by Gasteiger charge is -2.45. The van der Waals surface area contributed by atoms with Crippen molar-refractivity contribution in [2.24, 2.45) is 5.41 Å². The third kappa shape index (κ3) is 5.05. The van der Waals surface area contributed by atoms with Gasteiger partial charge in [0.05, 0.1) is 18.4 Å². The number of nitrogen functional groups attached to an aromatic ring is 1. The number of ether oxygens (including phenoxy) is 1. The Labute approximate surface area is 219 Å². The Morgan fingerprint density at radius 3 is 2.68 bits per heavy atom. The molecule has 0 amide bonds. The van der Waals surface area contributed by atoms with Crippen molar-refractivity contribution in [1.29, 1.82) is 0 Å². The van der Waals surface area contributed by atoms with Gasteiger partial charge in [-0.25, -0.2) is 18.9 Å². The molecule has 3 heterocycles. The fraction of sp³-hybridized carbons (Fsp3) is 0.259. The summed E-state index contributed by atoms with van der Waals surface area (Å²) in [4.78, 5) is 12.9. The number of benzene rings is 1. The zero-order valence-electron chi connectivity index (χ0n) is 20.8. The second-order valence-corrected chi connectivity index (χ2v) is 9.32. The van der Waals surface area contributed by atoms with Crippen molar-refractivity contribution in [3.8, 4) is 17.1 Å². The van der Waals surface area contributed by atoms with Crippen LogP contribution < -0.4 is 10.5 Å². The predicted molar refractivity (Wildman–Crippen MR) is 142 cm³/mol. The van der Waals surface area contributed by atoms with E-state index in [0.29, 0.717) is 28.9 Å². The normalized spacial score (nSPS) is 15.0. The van der Waals surface area contributed by atoms with Crippen LogP contribution in [0, 0.1) is 11.2 Å². The molecule has 0 radical (unpaired) electrons. The van der Waals surface area contributed by atoms with Crippen molar-refractivity contribution in [3.63, 3.8) is 0 Å². The number of aromatic nitrogens is 5. The van der Waals surface area contributed by atoms with Gasteiger partial charge in [0.25, 0.3) is 0 Å². The Morgan fingerprint density at radius 2 is 2.00 bits per heavy atom. The van der Waals surface area contributed by atoms with E-state index in [4.69, 9.17) is 22.1 Å². The van der Waals surface area contributed by atoms with E-state index in [1.807, 2.05) is 26.0 Å². The second-order valence-electron chi connectivity index (χ2n) is 8.97. The van der Waals surface area contributed by atoms with E-state index in [0.717, 1.165) is 5.57 Å². The van der Waals surface area contributed by atoms with Crippen LogP contribution in [0.25, 0.3) is 16.9 Å². The summed E-state index contributed by atoms with van der Waals surface area (Å²) in [5, 5.41) is 16.0. The van der Waals surface area contributed by atoms with Crippen molar-refractivity contribution >= 4 is 23.2 Å². The molecule has 0 spiro atoms. The highest BCUT2D eigenvalue weighted by atomic mass is 35.5. The highest BCUT2D eigenvalue weighted by molar-refractivity contribution is 6.31. The Kier molecular flexibility index (Phi) is 7.29. The molecule has 3 aromatic heterocycles. The number of fused-ring (bicyclic) bond motifs is 1. The number of pyridine rings is 1. The molecule has 2 atom stereocenters. The van der Waals surface area contributed by atoms with Gasteiger partial charge in [-0.15, -0.1) is 5.10 Å². The highest BCUT2D eigenvalue weighted by Gasteiger charge is 2.47. The molecule has 37 heavy (non-hydrogen) atoms. The van der Waals surface area contributed by atoms with Crippen LogP contribution in [0.5, 0.6) is 5.88 Å². The molecule has 0 saturated carbocycles. The molecule has 192 valence electrons. The van der Waals surface area contributed by atoms with Crippen LogP contribution in [-0.2, 0) is 5.60 Å². The largest absolute Gasteiger partial charge is 0.477 e. The van der Waals surface area contributed by atoms with Gasteiger partial charge in [-0.3, -0.25) is 0 Å². The lowest BCUT2D eigenvalue weighted by atomic mass is 9.63. The molecule has 2 unspecified atom stereocenters. The molecule has 0 aliphatic heterocycles. The number of hydrogen-bond acceptors (Lipinski definition) is 7. The average Bonchev–Trinajstić information content (AvgIpc) is 3.23. The van der Waals surface area contributed by atoms with E-state index < -0.39 is 11.0 Å². The number of hydrogen-bond donors (Lipinski definition) is 2. The van der Waals surface area contributed by atoms with Crippen LogP contribution in [0.1, 0.15) is 32.8 Å². The summed E-state index contributed by atoms with van der Waals surface area (Å²) in [7, 11) is 0. The maximum Gasteiger partial charge on any atom is 0.240 e. The van der Waals surface area contributed by atoms with E-state index in [9.17, 15) is 9.50 Å². The molecular formula is C27H28ClFN6O2. The van der Waals surface area contributed by atoms with E-state index >= 15 is 0 Å². The summed E-state index contributed by atoms with van der Waals surface area (Å²) < 4.78 is 21.1. The number of nitrogens with zero attached hydrogens (tertiary/aromatic N) is 5. The maximum atomic E-state index is 13.6. The van der Waals surface area contributed by atoms with Gasteiger partial charge in [-0.1, -0.05) is 48.0 Å². The van der Waals surface area contributed by atoms with Crippen molar-refractivity contribution in [2.45, 2.75) is 32.8 Å². The third-order valence-electron chi connectivity index (χ3n) is 6.57. The topological polar surface area (TPSA) is 111 Å². The Bertz CT molecular complexity index is 1470. The molecule has 4 aromatic rings. The Morgan fingerprint density at radius 1 is 1.27 bits per heavy atom. The van der Waals surface area contributed by atoms with Gasteiger partial charge in [-0.2, -0.15) is 4.98 Å². The summed E-state index contributed by atoms with van der Waals surface area (Å²) in [6.07, 6.45) is 7.27. The third-order valence-corrected chi connectivity index (χ3v) is 6.84. The number of nitrogens with two attached hydrogens (primary N) is 1. The van der Waals surface area contributed by atoms with Crippen molar-refractivity contribution in [1.82, 2.24) is 24.6 Å².